The van der Waals surface area contributed by atoms with Crippen molar-refractivity contribution in [1.82, 2.24) is 0 Å². The van der Waals surface area contributed by atoms with E-state index < -0.39 is 97.5 Å². The van der Waals surface area contributed by atoms with E-state index in [1.165, 1.54) is 135 Å². The standard InChI is InChI=1S/C67H126O17P2/c1-5-9-13-17-20-23-26-28-30-32-35-37-40-44-48-52-65(70)78-58-63(84-67(72)54-50-46-42-39-36-33-31-29-27-24-21-18-14-10-6-2)60-82-86(75,76)80-56-61(68)55-79-85(73,74)81-59-62(57-77-64(69)51-47-43-16-12-8-4)83-66(71)53-49-45-41-38-34-25-22-19-15-11-7-3/h24,27,29,31,61-63,68H,5-23,25-26,28,30,32-60H2,1-4H3,(H,73,74)(H,75,76)/b27-24-,31-29-/t61-,62+,63+/m0/s1. The van der Waals surface area contributed by atoms with Crippen molar-refractivity contribution in [2.45, 2.75) is 341 Å². The van der Waals surface area contributed by atoms with Crippen molar-refractivity contribution in [2.24, 2.45) is 0 Å². The highest BCUT2D eigenvalue weighted by atomic mass is 31.2. The Kier molecular flexibility index (Phi) is 59.6. The van der Waals surface area contributed by atoms with Crippen molar-refractivity contribution < 1.29 is 80.2 Å². The minimum Gasteiger partial charge on any atom is -0.462 e. The summed E-state index contributed by atoms with van der Waals surface area (Å²) in [5, 5.41) is 10.5. The highest BCUT2D eigenvalue weighted by Crippen LogP contribution is 2.45. The lowest BCUT2D eigenvalue weighted by atomic mass is 10.0. The molecule has 0 aromatic heterocycles. The summed E-state index contributed by atoms with van der Waals surface area (Å²) in [5.74, 6) is -2.17. The molecule has 0 aliphatic rings. The van der Waals surface area contributed by atoms with Gasteiger partial charge >= 0.3 is 39.5 Å². The second-order valence-electron chi connectivity index (χ2n) is 23.5. The van der Waals surface area contributed by atoms with E-state index in [2.05, 4.69) is 52.0 Å². The molecule has 0 bridgehead atoms. The summed E-state index contributed by atoms with van der Waals surface area (Å²) >= 11 is 0. The van der Waals surface area contributed by atoms with Crippen LogP contribution in [0.5, 0.6) is 0 Å². The quantitative estimate of drug-likeness (QED) is 0.0169. The van der Waals surface area contributed by atoms with Crippen LogP contribution in [0.1, 0.15) is 323 Å². The molecule has 0 fully saturated rings. The second kappa shape index (κ2) is 61.4. The molecule has 0 saturated heterocycles. The van der Waals surface area contributed by atoms with Gasteiger partial charge in [0.2, 0.25) is 0 Å². The average Bonchev–Trinajstić information content (AvgIpc) is 3.69. The molecule has 3 N–H and O–H groups in total. The predicted molar refractivity (Wildman–Crippen MR) is 345 cm³/mol. The molecule has 2 unspecified atom stereocenters. The van der Waals surface area contributed by atoms with E-state index in [0.29, 0.717) is 25.7 Å². The molecule has 0 amide bonds. The van der Waals surface area contributed by atoms with Gasteiger partial charge in [0.25, 0.3) is 0 Å². The van der Waals surface area contributed by atoms with Crippen LogP contribution < -0.4 is 0 Å². The number of rotatable bonds is 66. The number of unbranched alkanes of at least 4 members (excludes halogenated alkanes) is 37. The van der Waals surface area contributed by atoms with E-state index in [0.717, 1.165) is 109 Å². The van der Waals surface area contributed by atoms with Crippen LogP contribution >= 0.6 is 15.6 Å². The van der Waals surface area contributed by atoms with Crippen LogP contribution in [-0.4, -0.2) is 96.7 Å². The molecule has 86 heavy (non-hydrogen) atoms. The number of aliphatic hydroxyl groups excluding tert-OH is 1. The molecule has 0 spiro atoms. The molecule has 0 aliphatic carbocycles. The minimum absolute atomic E-state index is 0.0857. The molecule has 19 heteroatoms. The van der Waals surface area contributed by atoms with Crippen LogP contribution in [0.2, 0.25) is 0 Å². The van der Waals surface area contributed by atoms with Crippen LogP contribution in [-0.2, 0) is 65.4 Å². The lowest BCUT2D eigenvalue weighted by Crippen LogP contribution is -2.30. The first-order valence-corrected chi connectivity index (χ1v) is 37.6. The number of phosphoric ester groups is 2. The van der Waals surface area contributed by atoms with Crippen molar-refractivity contribution in [3.05, 3.63) is 24.3 Å². The van der Waals surface area contributed by atoms with Crippen LogP contribution in [0.15, 0.2) is 24.3 Å². The van der Waals surface area contributed by atoms with E-state index in [-0.39, 0.29) is 25.7 Å². The lowest BCUT2D eigenvalue weighted by Gasteiger charge is -2.21. The highest BCUT2D eigenvalue weighted by molar-refractivity contribution is 7.47. The molecule has 17 nitrogen and oxygen atoms in total. The predicted octanol–water partition coefficient (Wildman–Crippen LogP) is 18.7. The van der Waals surface area contributed by atoms with Gasteiger partial charge < -0.3 is 33.8 Å². The summed E-state index contributed by atoms with van der Waals surface area (Å²) in [5.41, 5.74) is 0. The third-order valence-electron chi connectivity index (χ3n) is 15.0. The Morgan fingerprint density at radius 2 is 0.558 bits per heavy atom. The van der Waals surface area contributed by atoms with E-state index in [9.17, 15) is 43.2 Å². The van der Waals surface area contributed by atoms with Crippen LogP contribution in [0, 0.1) is 0 Å². The molecule has 0 rings (SSSR count). The van der Waals surface area contributed by atoms with E-state index in [1.54, 1.807) is 0 Å². The number of carbonyl (C=O) groups is 4. The summed E-state index contributed by atoms with van der Waals surface area (Å²) < 4.78 is 67.9. The number of aliphatic hydroxyl groups is 1. The third kappa shape index (κ3) is 60.5. The molecular formula is C67H126O17P2. The summed E-state index contributed by atoms with van der Waals surface area (Å²) in [6.07, 6.45) is 51.1. The molecule has 5 atom stereocenters. The fraction of sp³-hybridized carbons (Fsp3) is 0.881. The Bertz CT molecular complexity index is 1750. The number of allylic oxidation sites excluding steroid dienone is 4. The maximum Gasteiger partial charge on any atom is 0.472 e. The zero-order valence-electron chi connectivity index (χ0n) is 54.8. The fourth-order valence-electron chi connectivity index (χ4n) is 9.62. The number of hydrogen-bond acceptors (Lipinski definition) is 15. The Morgan fingerprint density at radius 1 is 0.326 bits per heavy atom. The van der Waals surface area contributed by atoms with Crippen LogP contribution in [0.25, 0.3) is 0 Å². The first-order chi connectivity index (χ1) is 41.7. The molecule has 0 heterocycles. The van der Waals surface area contributed by atoms with Gasteiger partial charge in [0.05, 0.1) is 26.4 Å². The first-order valence-electron chi connectivity index (χ1n) is 34.6. The number of carbonyl (C=O) groups excluding carboxylic acids is 4. The summed E-state index contributed by atoms with van der Waals surface area (Å²) in [6, 6.07) is 0. The van der Waals surface area contributed by atoms with Crippen molar-refractivity contribution in [2.75, 3.05) is 39.6 Å². The SMILES string of the molecule is CCCCCC/C=C\C=C/CCCCCCCC(=O)O[C@H](COC(=O)CCCCCCCCCCCCCCCCC)COP(=O)(O)OC[C@@H](O)COP(=O)(O)OC[C@@H](COC(=O)CCCCCCC)OC(=O)CCCCCCCCCCCCC. The van der Waals surface area contributed by atoms with Crippen molar-refractivity contribution in [3.63, 3.8) is 0 Å². The largest absolute Gasteiger partial charge is 0.472 e. The van der Waals surface area contributed by atoms with Gasteiger partial charge in [-0.15, -0.1) is 0 Å². The van der Waals surface area contributed by atoms with Crippen LogP contribution in [0.3, 0.4) is 0 Å². The van der Waals surface area contributed by atoms with Gasteiger partial charge in [-0.25, -0.2) is 9.13 Å². The van der Waals surface area contributed by atoms with Gasteiger partial charge in [-0.2, -0.15) is 0 Å². The zero-order valence-corrected chi connectivity index (χ0v) is 56.6. The van der Waals surface area contributed by atoms with Gasteiger partial charge in [-0.3, -0.25) is 37.3 Å². The van der Waals surface area contributed by atoms with E-state index in [4.69, 9.17) is 37.0 Å². The third-order valence-corrected chi connectivity index (χ3v) is 16.9. The van der Waals surface area contributed by atoms with Crippen molar-refractivity contribution in [3.8, 4) is 0 Å². The summed E-state index contributed by atoms with van der Waals surface area (Å²) in [4.78, 5) is 72.1. The molecular weight excluding hydrogens is 1140 g/mol. The van der Waals surface area contributed by atoms with E-state index in [1.807, 2.05) is 0 Å². The van der Waals surface area contributed by atoms with Gasteiger partial charge in [0.15, 0.2) is 12.2 Å². The molecule has 0 aliphatic heterocycles. The number of ether oxygens (including phenoxy) is 4. The van der Waals surface area contributed by atoms with Gasteiger partial charge in [-0.1, -0.05) is 270 Å². The van der Waals surface area contributed by atoms with E-state index >= 15 is 0 Å². The number of phosphoric acid groups is 2. The fourth-order valence-corrected chi connectivity index (χ4v) is 11.2. The zero-order chi connectivity index (χ0) is 63.3. The lowest BCUT2D eigenvalue weighted by molar-refractivity contribution is -0.161. The topological polar surface area (TPSA) is 237 Å². The van der Waals surface area contributed by atoms with Gasteiger partial charge in [0.1, 0.15) is 19.3 Å². The normalized spacial score (nSPS) is 14.3. The second-order valence-corrected chi connectivity index (χ2v) is 26.4. The first kappa shape index (κ1) is 83.5. The smallest absolute Gasteiger partial charge is 0.462 e. The molecule has 0 radical (unpaired) electrons. The Labute approximate surface area is 522 Å². The minimum atomic E-state index is -4.95. The molecule has 506 valence electrons. The Morgan fingerprint density at radius 3 is 0.849 bits per heavy atom. The molecule has 0 aromatic carbocycles. The molecule has 0 saturated carbocycles. The number of esters is 4. The van der Waals surface area contributed by atoms with Gasteiger partial charge in [-0.05, 0) is 51.4 Å². The van der Waals surface area contributed by atoms with Crippen molar-refractivity contribution >= 4 is 39.5 Å². The monoisotopic (exact) mass is 1260 g/mol. The maximum absolute atomic E-state index is 13.0. The van der Waals surface area contributed by atoms with Crippen molar-refractivity contribution in [1.29, 1.82) is 0 Å². The molecule has 0 aromatic rings. The number of hydrogen-bond donors (Lipinski definition) is 3. The Balaban J connectivity index is 5.20. The maximum atomic E-state index is 13.0. The Hall–Kier alpha value is -2.46. The summed E-state index contributed by atoms with van der Waals surface area (Å²) in [6.45, 7) is 4.76. The summed E-state index contributed by atoms with van der Waals surface area (Å²) in [7, 11) is -9.89. The highest BCUT2D eigenvalue weighted by Gasteiger charge is 2.30. The van der Waals surface area contributed by atoms with Crippen LogP contribution in [0.4, 0.5) is 0 Å². The van der Waals surface area contributed by atoms with Gasteiger partial charge in [0, 0.05) is 25.7 Å². The average molecular weight is 1270 g/mol.